The second kappa shape index (κ2) is 7.83. The first-order valence-corrected chi connectivity index (χ1v) is 7.79. The van der Waals surface area contributed by atoms with E-state index in [2.05, 4.69) is 10.2 Å². The van der Waals surface area contributed by atoms with Crippen molar-refractivity contribution in [3.05, 3.63) is 56.5 Å². The Morgan fingerprint density at radius 1 is 1.25 bits per heavy atom. The SMILES string of the molecule is CCOC(=O)Cc1[nH][nH]c(=O)c1C(CC(N)=O)c1ccc(Cl)cc1. The normalized spacial score (nSPS) is 11.9. The molecule has 2 rings (SSSR count). The minimum atomic E-state index is -0.584. The number of benzene rings is 1. The van der Waals surface area contributed by atoms with Gasteiger partial charge in [-0.3, -0.25) is 19.5 Å². The van der Waals surface area contributed by atoms with E-state index in [0.717, 1.165) is 0 Å². The van der Waals surface area contributed by atoms with E-state index >= 15 is 0 Å². The average molecular weight is 352 g/mol. The molecular formula is C16H18ClN3O4. The van der Waals surface area contributed by atoms with Crippen molar-refractivity contribution in [1.29, 1.82) is 0 Å². The van der Waals surface area contributed by atoms with Crippen LogP contribution in [0.15, 0.2) is 29.1 Å². The maximum atomic E-state index is 12.2. The number of carbonyl (C=O) groups is 2. The van der Waals surface area contributed by atoms with Crippen LogP contribution in [0, 0.1) is 0 Å². The van der Waals surface area contributed by atoms with Crippen LogP contribution in [0.1, 0.15) is 36.1 Å². The third-order valence-electron chi connectivity index (χ3n) is 3.55. The van der Waals surface area contributed by atoms with Gasteiger partial charge in [-0.25, -0.2) is 0 Å². The highest BCUT2D eigenvalue weighted by Crippen LogP contribution is 2.28. The Hall–Kier alpha value is -2.54. The first-order valence-electron chi connectivity index (χ1n) is 7.41. The summed E-state index contributed by atoms with van der Waals surface area (Å²) in [7, 11) is 0. The van der Waals surface area contributed by atoms with Crippen molar-refractivity contribution >= 4 is 23.5 Å². The molecule has 1 heterocycles. The molecule has 0 aliphatic heterocycles. The van der Waals surface area contributed by atoms with E-state index in [9.17, 15) is 14.4 Å². The number of hydrogen-bond donors (Lipinski definition) is 3. The molecule has 128 valence electrons. The Bertz CT molecular complexity index is 779. The van der Waals surface area contributed by atoms with Crippen molar-refractivity contribution in [2.45, 2.75) is 25.7 Å². The maximum absolute atomic E-state index is 12.2. The van der Waals surface area contributed by atoms with Gasteiger partial charge in [-0.15, -0.1) is 0 Å². The number of ether oxygens (including phenoxy) is 1. The van der Waals surface area contributed by atoms with E-state index in [4.69, 9.17) is 22.1 Å². The molecule has 0 saturated heterocycles. The monoisotopic (exact) mass is 351 g/mol. The summed E-state index contributed by atoms with van der Waals surface area (Å²) in [6.45, 7) is 1.94. The van der Waals surface area contributed by atoms with Gasteiger partial charge in [-0.1, -0.05) is 23.7 Å². The number of rotatable bonds is 7. The van der Waals surface area contributed by atoms with Gasteiger partial charge in [-0.05, 0) is 24.6 Å². The zero-order chi connectivity index (χ0) is 17.7. The summed E-state index contributed by atoms with van der Waals surface area (Å²) in [5.74, 6) is -1.61. The van der Waals surface area contributed by atoms with Crippen molar-refractivity contribution in [2.24, 2.45) is 5.73 Å². The maximum Gasteiger partial charge on any atom is 0.311 e. The van der Waals surface area contributed by atoms with Crippen LogP contribution in [0.4, 0.5) is 0 Å². The van der Waals surface area contributed by atoms with Crippen molar-refractivity contribution in [3.8, 4) is 0 Å². The molecule has 8 heteroatoms. The number of esters is 1. The molecule has 0 bridgehead atoms. The van der Waals surface area contributed by atoms with E-state index in [1.807, 2.05) is 0 Å². The highest BCUT2D eigenvalue weighted by atomic mass is 35.5. The van der Waals surface area contributed by atoms with Gasteiger partial charge in [0, 0.05) is 22.9 Å². The molecule has 1 aromatic carbocycles. The number of carbonyl (C=O) groups excluding carboxylic acids is 2. The van der Waals surface area contributed by atoms with Crippen LogP contribution in [0.25, 0.3) is 0 Å². The standard InChI is InChI=1S/C16H18ClN3O4/c1-2-24-14(22)8-12-15(16(23)20-19-12)11(7-13(18)21)9-3-5-10(17)6-4-9/h3-6,11H,2,7-8H2,1H3,(H2,18,21)(H2,19,20,23). The number of aromatic nitrogens is 2. The van der Waals surface area contributed by atoms with E-state index in [1.165, 1.54) is 0 Å². The Morgan fingerprint density at radius 2 is 1.92 bits per heavy atom. The molecular weight excluding hydrogens is 334 g/mol. The van der Waals surface area contributed by atoms with Gasteiger partial charge < -0.3 is 15.6 Å². The number of halogens is 1. The number of nitrogens with two attached hydrogens (primary N) is 1. The fourth-order valence-corrected chi connectivity index (χ4v) is 2.68. The van der Waals surface area contributed by atoms with E-state index in [-0.39, 0.29) is 19.4 Å². The molecule has 0 fully saturated rings. The van der Waals surface area contributed by atoms with Crippen LogP contribution in [-0.2, 0) is 20.7 Å². The van der Waals surface area contributed by atoms with Crippen LogP contribution in [0.2, 0.25) is 5.02 Å². The van der Waals surface area contributed by atoms with Gasteiger partial charge in [0.2, 0.25) is 5.91 Å². The van der Waals surface area contributed by atoms with Gasteiger partial charge in [-0.2, -0.15) is 0 Å². The first-order chi connectivity index (χ1) is 11.4. The molecule has 0 aliphatic rings. The van der Waals surface area contributed by atoms with E-state index in [1.54, 1.807) is 31.2 Å². The van der Waals surface area contributed by atoms with Gasteiger partial charge in [0.25, 0.3) is 5.56 Å². The number of primary amides is 1. The van der Waals surface area contributed by atoms with Crippen molar-refractivity contribution in [2.75, 3.05) is 6.61 Å². The lowest BCUT2D eigenvalue weighted by molar-refractivity contribution is -0.142. The molecule has 1 aromatic heterocycles. The molecule has 2 aromatic rings. The quantitative estimate of drug-likeness (QED) is 0.654. The minimum Gasteiger partial charge on any atom is -0.466 e. The molecule has 0 radical (unpaired) electrons. The fourth-order valence-electron chi connectivity index (χ4n) is 2.55. The third kappa shape index (κ3) is 4.26. The zero-order valence-corrected chi connectivity index (χ0v) is 13.9. The van der Waals surface area contributed by atoms with Crippen molar-refractivity contribution in [1.82, 2.24) is 10.2 Å². The topological polar surface area (TPSA) is 118 Å². The summed E-state index contributed by atoms with van der Waals surface area (Å²) < 4.78 is 4.91. The van der Waals surface area contributed by atoms with Gasteiger partial charge >= 0.3 is 5.97 Å². The lowest BCUT2D eigenvalue weighted by atomic mass is 9.88. The summed E-state index contributed by atoms with van der Waals surface area (Å²) in [5.41, 5.74) is 6.30. The Morgan fingerprint density at radius 3 is 2.50 bits per heavy atom. The number of nitrogens with one attached hydrogen (secondary N) is 2. The van der Waals surface area contributed by atoms with Crippen LogP contribution >= 0.6 is 11.6 Å². The predicted molar refractivity (Wildman–Crippen MR) is 88.9 cm³/mol. The van der Waals surface area contributed by atoms with Crippen molar-refractivity contribution < 1.29 is 14.3 Å². The number of hydrogen-bond acceptors (Lipinski definition) is 4. The summed E-state index contributed by atoms with van der Waals surface area (Å²) in [4.78, 5) is 35.4. The first kappa shape index (κ1) is 17.8. The molecule has 0 saturated carbocycles. The molecule has 1 amide bonds. The summed E-state index contributed by atoms with van der Waals surface area (Å²) in [6.07, 6.45) is -0.177. The molecule has 1 unspecified atom stereocenters. The lowest BCUT2D eigenvalue weighted by Gasteiger charge is -2.15. The van der Waals surface area contributed by atoms with Crippen LogP contribution in [-0.4, -0.2) is 28.7 Å². The van der Waals surface area contributed by atoms with Crippen LogP contribution in [0.5, 0.6) is 0 Å². The molecule has 4 N–H and O–H groups in total. The number of amides is 1. The van der Waals surface area contributed by atoms with E-state index < -0.39 is 23.4 Å². The summed E-state index contributed by atoms with van der Waals surface area (Å²) in [6, 6.07) is 6.76. The Balaban J connectivity index is 2.44. The second-order valence-electron chi connectivity index (χ2n) is 5.23. The predicted octanol–water partition coefficient (Wildman–Crippen LogP) is 1.47. The molecule has 0 spiro atoms. The molecule has 24 heavy (non-hydrogen) atoms. The largest absolute Gasteiger partial charge is 0.466 e. The molecule has 7 nitrogen and oxygen atoms in total. The van der Waals surface area contributed by atoms with Gasteiger partial charge in [0.1, 0.15) is 0 Å². The highest BCUT2D eigenvalue weighted by Gasteiger charge is 2.25. The van der Waals surface area contributed by atoms with Crippen LogP contribution in [0.3, 0.4) is 0 Å². The van der Waals surface area contributed by atoms with E-state index in [0.29, 0.717) is 21.8 Å². The zero-order valence-electron chi connectivity index (χ0n) is 13.1. The average Bonchev–Trinajstić information content (AvgIpc) is 2.86. The van der Waals surface area contributed by atoms with Crippen molar-refractivity contribution in [3.63, 3.8) is 0 Å². The Kier molecular flexibility index (Phi) is 5.81. The number of H-pyrrole nitrogens is 2. The Labute approximate surface area is 143 Å². The fraction of sp³-hybridized carbons (Fsp3) is 0.312. The molecule has 0 aliphatic carbocycles. The van der Waals surface area contributed by atoms with Gasteiger partial charge in [0.15, 0.2) is 0 Å². The lowest BCUT2D eigenvalue weighted by Crippen LogP contribution is -2.21. The second-order valence-corrected chi connectivity index (χ2v) is 5.66. The molecule has 1 atom stereocenters. The highest BCUT2D eigenvalue weighted by molar-refractivity contribution is 6.30. The summed E-state index contributed by atoms with van der Waals surface area (Å²) in [5, 5.41) is 5.67. The number of aromatic amines is 2. The minimum absolute atomic E-state index is 0.0710. The summed E-state index contributed by atoms with van der Waals surface area (Å²) >= 11 is 5.89. The van der Waals surface area contributed by atoms with Crippen LogP contribution < -0.4 is 11.3 Å². The van der Waals surface area contributed by atoms with Gasteiger partial charge in [0.05, 0.1) is 18.7 Å². The third-order valence-corrected chi connectivity index (χ3v) is 3.80. The smallest absolute Gasteiger partial charge is 0.311 e.